The van der Waals surface area contributed by atoms with Crippen molar-refractivity contribution in [3.63, 3.8) is 0 Å². The van der Waals surface area contributed by atoms with Gasteiger partial charge in [0, 0.05) is 11.1 Å². The molecule has 8 heteroatoms. The maximum Gasteiger partial charge on any atom is 0.264 e. The third-order valence-corrected chi connectivity index (χ3v) is 3.55. The number of ether oxygens (including phenoxy) is 3. The van der Waals surface area contributed by atoms with E-state index < -0.39 is 5.91 Å². The molecular formula is C17H17ClN2O4S. The van der Waals surface area contributed by atoms with Crippen LogP contribution in [0, 0.1) is 0 Å². The molecule has 0 aliphatic rings. The maximum absolute atomic E-state index is 11.9. The minimum Gasteiger partial charge on any atom is -0.497 e. The summed E-state index contributed by atoms with van der Waals surface area (Å²) in [5.74, 6) is 1.33. The molecule has 0 aliphatic heterocycles. The van der Waals surface area contributed by atoms with Crippen molar-refractivity contribution in [3.8, 4) is 17.2 Å². The number of carbonyl (C=O) groups excluding carboxylic acids is 1. The monoisotopic (exact) mass is 380 g/mol. The first kappa shape index (κ1) is 18.8. The van der Waals surface area contributed by atoms with Crippen LogP contribution >= 0.6 is 23.8 Å². The molecular weight excluding hydrogens is 364 g/mol. The fourth-order valence-electron chi connectivity index (χ4n) is 1.91. The van der Waals surface area contributed by atoms with Crippen molar-refractivity contribution in [3.05, 3.63) is 47.5 Å². The van der Waals surface area contributed by atoms with E-state index in [-0.39, 0.29) is 11.7 Å². The van der Waals surface area contributed by atoms with E-state index in [1.165, 1.54) is 7.11 Å². The van der Waals surface area contributed by atoms with Crippen LogP contribution in [0.1, 0.15) is 0 Å². The van der Waals surface area contributed by atoms with E-state index in [2.05, 4.69) is 10.6 Å². The van der Waals surface area contributed by atoms with Crippen LogP contribution in [0.2, 0.25) is 5.02 Å². The standard InChI is InChI=1S/C17H17ClN2O4S/c1-22-13-7-8-15(23-2)14(9-13)19-17(25)20-16(21)10-24-12-5-3-11(18)4-6-12/h3-9H,10H2,1-2H3,(H2,19,20,21,25). The number of carbonyl (C=O) groups is 1. The Bertz CT molecular complexity index is 753. The van der Waals surface area contributed by atoms with Gasteiger partial charge in [0.15, 0.2) is 11.7 Å². The lowest BCUT2D eigenvalue weighted by Gasteiger charge is -2.14. The van der Waals surface area contributed by atoms with E-state index in [0.29, 0.717) is 28.0 Å². The Hall–Kier alpha value is -2.51. The minimum absolute atomic E-state index is 0.122. The summed E-state index contributed by atoms with van der Waals surface area (Å²) >= 11 is 10.9. The average Bonchev–Trinajstić information content (AvgIpc) is 2.61. The molecule has 0 saturated carbocycles. The summed E-state index contributed by atoms with van der Waals surface area (Å²) in [6.45, 7) is -0.182. The summed E-state index contributed by atoms with van der Waals surface area (Å²) in [5, 5.41) is 6.14. The van der Waals surface area contributed by atoms with Gasteiger partial charge in [0.25, 0.3) is 5.91 Å². The average molecular weight is 381 g/mol. The molecule has 0 aromatic heterocycles. The van der Waals surface area contributed by atoms with Gasteiger partial charge in [-0.1, -0.05) is 11.6 Å². The fourth-order valence-corrected chi connectivity index (χ4v) is 2.26. The number of anilines is 1. The van der Waals surface area contributed by atoms with Crippen molar-refractivity contribution in [1.82, 2.24) is 5.32 Å². The van der Waals surface area contributed by atoms with E-state index in [1.54, 1.807) is 49.6 Å². The molecule has 25 heavy (non-hydrogen) atoms. The Morgan fingerprint density at radius 2 is 1.76 bits per heavy atom. The molecule has 0 aliphatic carbocycles. The zero-order chi connectivity index (χ0) is 18.2. The first-order valence-corrected chi connectivity index (χ1v) is 8.01. The normalized spacial score (nSPS) is 9.88. The number of hydrogen-bond donors (Lipinski definition) is 2. The molecule has 0 spiro atoms. The van der Waals surface area contributed by atoms with Crippen LogP contribution in [0.5, 0.6) is 17.2 Å². The lowest BCUT2D eigenvalue weighted by atomic mass is 10.2. The molecule has 0 atom stereocenters. The van der Waals surface area contributed by atoms with Crippen molar-refractivity contribution >= 4 is 40.5 Å². The summed E-state index contributed by atoms with van der Waals surface area (Å²) in [7, 11) is 3.09. The Labute approximate surface area is 156 Å². The second kappa shape index (κ2) is 9.10. The number of amides is 1. The third-order valence-electron chi connectivity index (χ3n) is 3.09. The molecule has 2 aromatic carbocycles. The van der Waals surface area contributed by atoms with Gasteiger partial charge in [0.1, 0.15) is 17.2 Å². The quantitative estimate of drug-likeness (QED) is 0.750. The van der Waals surface area contributed by atoms with Crippen molar-refractivity contribution < 1.29 is 19.0 Å². The zero-order valence-corrected chi connectivity index (χ0v) is 15.2. The van der Waals surface area contributed by atoms with Crippen LogP contribution in [-0.4, -0.2) is 31.8 Å². The zero-order valence-electron chi connectivity index (χ0n) is 13.7. The van der Waals surface area contributed by atoms with E-state index in [1.807, 2.05) is 0 Å². The van der Waals surface area contributed by atoms with E-state index >= 15 is 0 Å². The molecule has 0 bridgehead atoms. The largest absolute Gasteiger partial charge is 0.497 e. The van der Waals surface area contributed by atoms with Gasteiger partial charge in [-0.15, -0.1) is 0 Å². The van der Waals surface area contributed by atoms with Crippen molar-refractivity contribution in [2.45, 2.75) is 0 Å². The van der Waals surface area contributed by atoms with Gasteiger partial charge in [-0.05, 0) is 48.6 Å². The van der Waals surface area contributed by atoms with Crippen molar-refractivity contribution in [2.24, 2.45) is 0 Å². The number of thiocarbonyl (C=S) groups is 1. The number of halogens is 1. The summed E-state index contributed by atoms with van der Waals surface area (Å²) in [4.78, 5) is 11.9. The first-order valence-electron chi connectivity index (χ1n) is 7.23. The van der Waals surface area contributed by atoms with Crippen LogP contribution in [-0.2, 0) is 4.79 Å². The molecule has 0 unspecified atom stereocenters. The smallest absolute Gasteiger partial charge is 0.264 e. The lowest BCUT2D eigenvalue weighted by Crippen LogP contribution is -2.37. The Kier molecular flexibility index (Phi) is 6.85. The highest BCUT2D eigenvalue weighted by molar-refractivity contribution is 7.80. The van der Waals surface area contributed by atoms with Gasteiger partial charge in [0.2, 0.25) is 0 Å². The number of hydrogen-bond acceptors (Lipinski definition) is 5. The van der Waals surface area contributed by atoms with E-state index in [9.17, 15) is 4.79 Å². The topological polar surface area (TPSA) is 68.8 Å². The van der Waals surface area contributed by atoms with Gasteiger partial charge >= 0.3 is 0 Å². The first-order chi connectivity index (χ1) is 12.0. The van der Waals surface area contributed by atoms with Crippen molar-refractivity contribution in [1.29, 1.82) is 0 Å². The third kappa shape index (κ3) is 5.81. The minimum atomic E-state index is -0.394. The molecule has 132 valence electrons. The molecule has 0 fully saturated rings. The van der Waals surface area contributed by atoms with Gasteiger partial charge in [-0.3, -0.25) is 10.1 Å². The van der Waals surface area contributed by atoms with Crippen LogP contribution in [0.25, 0.3) is 0 Å². The van der Waals surface area contributed by atoms with E-state index in [0.717, 1.165) is 0 Å². The molecule has 1 amide bonds. The molecule has 2 aromatic rings. The van der Waals surface area contributed by atoms with Crippen LogP contribution in [0.15, 0.2) is 42.5 Å². The number of rotatable bonds is 6. The fraction of sp³-hybridized carbons (Fsp3) is 0.176. The number of benzene rings is 2. The van der Waals surface area contributed by atoms with Gasteiger partial charge in [-0.2, -0.15) is 0 Å². The molecule has 2 rings (SSSR count). The van der Waals surface area contributed by atoms with Gasteiger partial charge in [-0.25, -0.2) is 0 Å². The van der Waals surface area contributed by atoms with Crippen molar-refractivity contribution in [2.75, 3.05) is 26.1 Å². The molecule has 0 radical (unpaired) electrons. The molecule has 6 nitrogen and oxygen atoms in total. The Morgan fingerprint density at radius 1 is 1.08 bits per heavy atom. The summed E-state index contributed by atoms with van der Waals surface area (Å²) < 4.78 is 15.7. The maximum atomic E-state index is 11.9. The predicted molar refractivity (Wildman–Crippen MR) is 101 cm³/mol. The van der Waals surface area contributed by atoms with Gasteiger partial charge < -0.3 is 19.5 Å². The number of nitrogens with one attached hydrogen (secondary N) is 2. The van der Waals surface area contributed by atoms with Crippen LogP contribution < -0.4 is 24.8 Å². The molecule has 0 heterocycles. The lowest BCUT2D eigenvalue weighted by molar-refractivity contribution is -0.121. The highest BCUT2D eigenvalue weighted by atomic mass is 35.5. The highest BCUT2D eigenvalue weighted by Crippen LogP contribution is 2.28. The predicted octanol–water partition coefficient (Wildman–Crippen LogP) is 3.25. The van der Waals surface area contributed by atoms with Gasteiger partial charge in [0.05, 0.1) is 19.9 Å². The second-order valence-electron chi connectivity index (χ2n) is 4.81. The Balaban J connectivity index is 1.89. The summed E-state index contributed by atoms with van der Waals surface area (Å²) in [6.07, 6.45) is 0. The number of methoxy groups -OCH3 is 2. The SMILES string of the molecule is COc1ccc(OC)c(NC(=S)NC(=O)COc2ccc(Cl)cc2)c1. The Morgan fingerprint density at radius 3 is 2.40 bits per heavy atom. The van der Waals surface area contributed by atoms with E-state index in [4.69, 9.17) is 38.0 Å². The van der Waals surface area contributed by atoms with Crippen LogP contribution in [0.4, 0.5) is 5.69 Å². The summed E-state index contributed by atoms with van der Waals surface area (Å²) in [6, 6.07) is 11.9. The van der Waals surface area contributed by atoms with Crippen LogP contribution in [0.3, 0.4) is 0 Å². The molecule has 0 saturated heterocycles. The molecule has 2 N–H and O–H groups in total. The summed E-state index contributed by atoms with van der Waals surface area (Å²) in [5.41, 5.74) is 0.575. The second-order valence-corrected chi connectivity index (χ2v) is 5.66. The highest BCUT2D eigenvalue weighted by Gasteiger charge is 2.10.